The highest BCUT2D eigenvalue weighted by atomic mass is 16.6. The third-order valence-corrected chi connectivity index (χ3v) is 4.65. The molecule has 0 aromatic heterocycles. The van der Waals surface area contributed by atoms with Crippen LogP contribution in [-0.4, -0.2) is 30.7 Å². The summed E-state index contributed by atoms with van der Waals surface area (Å²) in [7, 11) is 1.77. The third-order valence-electron chi connectivity index (χ3n) is 4.65. The first kappa shape index (κ1) is 15.2. The van der Waals surface area contributed by atoms with Crippen molar-refractivity contribution >= 4 is 0 Å². The Kier molecular flexibility index (Phi) is 4.24. The Morgan fingerprint density at radius 3 is 2.58 bits per heavy atom. The molecule has 2 heterocycles. The van der Waals surface area contributed by atoms with E-state index in [4.69, 9.17) is 14.2 Å². The van der Waals surface area contributed by atoms with Crippen molar-refractivity contribution in [2.75, 3.05) is 13.7 Å². The maximum atomic E-state index is 6.13. The minimum atomic E-state index is 0.0589. The summed E-state index contributed by atoms with van der Waals surface area (Å²) in [5.74, 6) is 2.33. The summed E-state index contributed by atoms with van der Waals surface area (Å²) in [6.45, 7) is 1.84. The molecule has 4 heteroatoms. The van der Waals surface area contributed by atoms with Gasteiger partial charge in [0.15, 0.2) is 17.3 Å². The Labute approximate surface area is 142 Å². The van der Waals surface area contributed by atoms with E-state index in [0.29, 0.717) is 0 Å². The second-order valence-corrected chi connectivity index (χ2v) is 6.15. The van der Waals surface area contributed by atoms with Crippen LogP contribution in [-0.2, 0) is 11.3 Å². The van der Waals surface area contributed by atoms with Gasteiger partial charge in [-0.2, -0.15) is 0 Å². The number of methoxy groups -OCH3 is 1. The molecule has 24 heavy (non-hydrogen) atoms. The molecular weight excluding hydrogens is 302 g/mol. The van der Waals surface area contributed by atoms with Gasteiger partial charge < -0.3 is 14.2 Å². The van der Waals surface area contributed by atoms with Gasteiger partial charge in [0.2, 0.25) is 0 Å². The maximum absolute atomic E-state index is 6.13. The molecule has 4 nitrogen and oxygen atoms in total. The molecule has 0 amide bonds. The fraction of sp³-hybridized carbons (Fsp3) is 0.300. The SMILES string of the molecule is COC1CCN(Cc2ccccc2)C1C1=COc2ccccc2O1. The van der Waals surface area contributed by atoms with Crippen LogP contribution in [0.2, 0.25) is 0 Å². The minimum absolute atomic E-state index is 0.0589. The molecule has 0 spiro atoms. The zero-order valence-corrected chi connectivity index (χ0v) is 13.7. The molecule has 4 rings (SSSR count). The summed E-state index contributed by atoms with van der Waals surface area (Å²) in [4.78, 5) is 2.40. The Morgan fingerprint density at radius 1 is 1.04 bits per heavy atom. The molecule has 1 fully saturated rings. The van der Waals surface area contributed by atoms with E-state index in [0.717, 1.165) is 36.8 Å². The Hall–Kier alpha value is -2.30. The van der Waals surface area contributed by atoms with Gasteiger partial charge in [-0.05, 0) is 24.1 Å². The highest BCUT2D eigenvalue weighted by Gasteiger charge is 2.39. The van der Waals surface area contributed by atoms with Gasteiger partial charge in [-0.3, -0.25) is 4.90 Å². The summed E-state index contributed by atoms with van der Waals surface area (Å²) in [5.41, 5.74) is 1.29. The lowest BCUT2D eigenvalue weighted by molar-refractivity contribution is 0.0597. The number of nitrogens with zero attached hydrogens (tertiary/aromatic N) is 1. The fourth-order valence-electron chi connectivity index (χ4n) is 3.46. The first-order valence-corrected chi connectivity index (χ1v) is 8.29. The zero-order valence-electron chi connectivity index (χ0n) is 13.7. The standard InChI is InChI=1S/C20H21NO3/c1-22-18-11-12-21(13-15-7-3-2-4-8-15)20(18)19-14-23-16-9-5-6-10-17(16)24-19/h2-10,14,18,20H,11-13H2,1H3. The van der Waals surface area contributed by atoms with Crippen LogP contribution in [0.4, 0.5) is 0 Å². The average Bonchev–Trinajstić information content (AvgIpc) is 3.05. The summed E-state index contributed by atoms with van der Waals surface area (Å²) >= 11 is 0. The molecule has 0 radical (unpaired) electrons. The van der Waals surface area contributed by atoms with Gasteiger partial charge in [0.1, 0.15) is 6.26 Å². The summed E-state index contributed by atoms with van der Waals surface area (Å²) in [6, 6.07) is 18.3. The van der Waals surface area contributed by atoms with Crippen LogP contribution in [0.1, 0.15) is 12.0 Å². The van der Waals surface area contributed by atoms with Crippen LogP contribution in [0.25, 0.3) is 0 Å². The molecule has 2 atom stereocenters. The molecular formula is C20H21NO3. The van der Waals surface area contributed by atoms with Crippen molar-refractivity contribution in [1.29, 1.82) is 0 Å². The second-order valence-electron chi connectivity index (χ2n) is 6.15. The van der Waals surface area contributed by atoms with Gasteiger partial charge in [0, 0.05) is 20.2 Å². The van der Waals surface area contributed by atoms with E-state index >= 15 is 0 Å². The van der Waals surface area contributed by atoms with Crippen molar-refractivity contribution in [3.05, 3.63) is 72.2 Å². The van der Waals surface area contributed by atoms with Gasteiger partial charge >= 0.3 is 0 Å². The number of likely N-dealkylation sites (tertiary alicyclic amines) is 1. The van der Waals surface area contributed by atoms with Gasteiger partial charge in [-0.1, -0.05) is 42.5 Å². The Bertz CT molecular complexity index is 729. The lowest BCUT2D eigenvalue weighted by atomic mass is 10.1. The van der Waals surface area contributed by atoms with Gasteiger partial charge in [-0.15, -0.1) is 0 Å². The maximum Gasteiger partial charge on any atom is 0.169 e. The molecule has 0 saturated carbocycles. The number of fused-ring (bicyclic) bond motifs is 1. The van der Waals surface area contributed by atoms with E-state index < -0.39 is 0 Å². The summed E-state index contributed by atoms with van der Waals surface area (Å²) in [6.07, 6.45) is 2.81. The van der Waals surface area contributed by atoms with Crippen LogP contribution in [0, 0.1) is 0 Å². The lowest BCUT2D eigenvalue weighted by Gasteiger charge is -2.31. The molecule has 1 saturated heterocycles. The predicted molar refractivity (Wildman–Crippen MR) is 91.8 cm³/mol. The van der Waals surface area contributed by atoms with Crippen molar-refractivity contribution in [2.24, 2.45) is 0 Å². The average molecular weight is 323 g/mol. The second kappa shape index (κ2) is 6.67. The van der Waals surface area contributed by atoms with Crippen molar-refractivity contribution in [1.82, 2.24) is 4.90 Å². The number of hydrogen-bond acceptors (Lipinski definition) is 4. The minimum Gasteiger partial charge on any atom is -0.457 e. The van der Waals surface area contributed by atoms with Gasteiger partial charge in [0.05, 0.1) is 12.1 Å². The number of rotatable bonds is 4. The monoisotopic (exact) mass is 323 g/mol. The zero-order chi connectivity index (χ0) is 16.4. The van der Waals surface area contributed by atoms with Crippen LogP contribution in [0.3, 0.4) is 0 Å². The van der Waals surface area contributed by atoms with Crippen molar-refractivity contribution in [3.63, 3.8) is 0 Å². The highest BCUT2D eigenvalue weighted by molar-refractivity contribution is 5.43. The largest absolute Gasteiger partial charge is 0.457 e. The molecule has 2 aromatic carbocycles. The Balaban J connectivity index is 1.57. The number of hydrogen-bond donors (Lipinski definition) is 0. The van der Waals surface area contributed by atoms with Crippen LogP contribution < -0.4 is 9.47 Å². The van der Waals surface area contributed by atoms with Gasteiger partial charge in [-0.25, -0.2) is 0 Å². The normalized spacial score (nSPS) is 23.1. The topological polar surface area (TPSA) is 30.9 Å². The van der Waals surface area contributed by atoms with E-state index in [2.05, 4.69) is 29.2 Å². The van der Waals surface area contributed by atoms with E-state index in [1.165, 1.54) is 5.56 Å². The van der Waals surface area contributed by atoms with Crippen molar-refractivity contribution < 1.29 is 14.2 Å². The smallest absolute Gasteiger partial charge is 0.169 e. The molecule has 0 bridgehead atoms. The van der Waals surface area contributed by atoms with Gasteiger partial charge in [0.25, 0.3) is 0 Å². The quantitative estimate of drug-likeness (QED) is 0.860. The van der Waals surface area contributed by atoms with Crippen molar-refractivity contribution in [3.8, 4) is 11.5 Å². The van der Waals surface area contributed by atoms with Crippen LogP contribution in [0.15, 0.2) is 66.6 Å². The molecule has 2 aromatic rings. The first-order valence-electron chi connectivity index (χ1n) is 8.29. The molecule has 124 valence electrons. The third kappa shape index (κ3) is 2.90. The molecule has 0 N–H and O–H groups in total. The first-order chi connectivity index (χ1) is 11.8. The summed E-state index contributed by atoms with van der Waals surface area (Å²) in [5, 5.41) is 0. The Morgan fingerprint density at radius 2 is 1.79 bits per heavy atom. The number of ether oxygens (including phenoxy) is 3. The van der Waals surface area contributed by atoms with E-state index in [9.17, 15) is 0 Å². The van der Waals surface area contributed by atoms with E-state index in [-0.39, 0.29) is 12.1 Å². The van der Waals surface area contributed by atoms with Crippen molar-refractivity contribution in [2.45, 2.75) is 25.1 Å². The summed E-state index contributed by atoms with van der Waals surface area (Å²) < 4.78 is 17.6. The predicted octanol–water partition coefficient (Wildman–Crippen LogP) is 3.59. The molecule has 2 aliphatic rings. The molecule has 2 unspecified atom stereocenters. The van der Waals surface area contributed by atoms with Crippen LogP contribution >= 0.6 is 0 Å². The number of benzene rings is 2. The van der Waals surface area contributed by atoms with E-state index in [1.807, 2.05) is 30.3 Å². The lowest BCUT2D eigenvalue weighted by Crippen LogP contribution is -2.39. The van der Waals surface area contributed by atoms with E-state index in [1.54, 1.807) is 13.4 Å². The molecule has 0 aliphatic carbocycles. The van der Waals surface area contributed by atoms with Crippen LogP contribution in [0.5, 0.6) is 11.5 Å². The fourth-order valence-corrected chi connectivity index (χ4v) is 3.46. The molecule has 2 aliphatic heterocycles. The number of para-hydroxylation sites is 2. The highest BCUT2D eigenvalue weighted by Crippen LogP contribution is 2.36.